The first-order valence-corrected chi connectivity index (χ1v) is 9.54. The molecule has 0 radical (unpaired) electrons. The van der Waals surface area contributed by atoms with Crippen molar-refractivity contribution in [3.05, 3.63) is 59.4 Å². The number of halogens is 5. The van der Waals surface area contributed by atoms with E-state index in [0.717, 1.165) is 20.8 Å². The molecule has 1 heterocycles. The molecule has 30 heavy (non-hydrogen) atoms. The molecule has 0 aliphatic carbocycles. The highest BCUT2D eigenvalue weighted by molar-refractivity contribution is 7.21. The van der Waals surface area contributed by atoms with Crippen molar-refractivity contribution in [2.45, 2.75) is 6.18 Å². The molecule has 1 N–H and O–H groups in total. The minimum Gasteiger partial charge on any atom is -0.489 e. The van der Waals surface area contributed by atoms with Crippen LogP contribution in [0.1, 0.15) is 0 Å². The second-order valence-corrected chi connectivity index (χ2v) is 7.39. The summed E-state index contributed by atoms with van der Waals surface area (Å²) in [5.41, 5.74) is 3.37. The van der Waals surface area contributed by atoms with Gasteiger partial charge in [0, 0.05) is 16.2 Å². The predicted octanol–water partition coefficient (Wildman–Crippen LogP) is 5.46. The lowest BCUT2D eigenvalue weighted by molar-refractivity contribution is -0.206. The summed E-state index contributed by atoms with van der Waals surface area (Å²) in [7, 11) is 0. The number of nitrogens with one attached hydrogen (secondary N) is 1. The van der Waals surface area contributed by atoms with E-state index in [-0.39, 0.29) is 18.5 Å². The van der Waals surface area contributed by atoms with Crippen LogP contribution in [0.25, 0.3) is 20.8 Å². The third-order valence-corrected chi connectivity index (χ3v) is 5.03. The molecule has 0 fully saturated rings. The van der Waals surface area contributed by atoms with E-state index in [1.807, 2.05) is 12.1 Å². The van der Waals surface area contributed by atoms with Crippen molar-refractivity contribution < 1.29 is 31.9 Å². The third-order valence-electron chi connectivity index (χ3n) is 3.73. The molecule has 11 heteroatoms. The van der Waals surface area contributed by atoms with Crippen molar-refractivity contribution in [1.82, 2.24) is 10.5 Å². The van der Waals surface area contributed by atoms with E-state index < -0.39 is 18.7 Å². The maximum absolute atomic E-state index is 12.9. The first kappa shape index (κ1) is 22.0. The standard InChI is InChI=1S/C19H13ClF4N2O3S/c20-13-3-6-15-16(7-13)30-17(26-15)12-1-4-14(5-2-12)28-10-11(8-21)9-25-29-18(27)19(22,23)24/h1-8,25H,9-10H2/b11-8+. The van der Waals surface area contributed by atoms with E-state index >= 15 is 0 Å². The van der Waals surface area contributed by atoms with Crippen LogP contribution >= 0.6 is 22.9 Å². The number of hydroxylamine groups is 1. The molecule has 0 spiro atoms. The molecule has 3 rings (SSSR count). The Balaban J connectivity index is 1.55. The number of ether oxygens (including phenoxy) is 1. The Hall–Kier alpha value is -2.69. The lowest BCUT2D eigenvalue weighted by Gasteiger charge is -2.11. The minimum atomic E-state index is -5.14. The summed E-state index contributed by atoms with van der Waals surface area (Å²) in [5.74, 6) is -2.01. The molecular weight excluding hydrogens is 448 g/mol. The zero-order valence-corrected chi connectivity index (χ0v) is 16.6. The largest absolute Gasteiger partial charge is 0.492 e. The number of nitrogens with zero attached hydrogens (tertiary/aromatic N) is 1. The Kier molecular flexibility index (Phi) is 6.91. The fourth-order valence-electron chi connectivity index (χ4n) is 2.26. The number of thiazole rings is 1. The summed E-state index contributed by atoms with van der Waals surface area (Å²) >= 11 is 7.47. The van der Waals surface area contributed by atoms with Gasteiger partial charge in [0.25, 0.3) is 0 Å². The van der Waals surface area contributed by atoms with Crippen LogP contribution in [0.15, 0.2) is 54.4 Å². The summed E-state index contributed by atoms with van der Waals surface area (Å²) in [6.07, 6.45) is -4.98. The molecule has 0 amide bonds. The van der Waals surface area contributed by atoms with Gasteiger partial charge in [-0.2, -0.15) is 13.2 Å². The van der Waals surface area contributed by atoms with Gasteiger partial charge in [0.1, 0.15) is 17.4 Å². The van der Waals surface area contributed by atoms with Crippen LogP contribution in [-0.2, 0) is 9.63 Å². The molecule has 1 aromatic heterocycles. The van der Waals surface area contributed by atoms with Crippen molar-refractivity contribution in [3.63, 3.8) is 0 Å². The SMILES string of the molecule is O=C(ONC/C(=C\F)COc1ccc(-c2nc3ccc(Cl)cc3s2)cc1)C(F)(F)F. The van der Waals surface area contributed by atoms with Gasteiger partial charge in [-0.3, -0.25) is 0 Å². The summed E-state index contributed by atoms with van der Waals surface area (Å²) in [4.78, 5) is 18.9. The van der Waals surface area contributed by atoms with Crippen LogP contribution < -0.4 is 10.2 Å². The molecular formula is C19H13ClF4N2O3S. The first-order chi connectivity index (χ1) is 14.3. The minimum absolute atomic E-state index is 0.0582. The molecule has 2 aromatic carbocycles. The Bertz CT molecular complexity index is 1070. The molecule has 3 aromatic rings. The smallest absolute Gasteiger partial charge is 0.489 e. The molecule has 0 atom stereocenters. The number of aromatic nitrogens is 1. The van der Waals surface area contributed by atoms with Gasteiger partial charge in [-0.15, -0.1) is 16.8 Å². The van der Waals surface area contributed by atoms with E-state index in [9.17, 15) is 22.4 Å². The van der Waals surface area contributed by atoms with E-state index in [2.05, 4.69) is 9.82 Å². The average molecular weight is 461 g/mol. The van der Waals surface area contributed by atoms with Gasteiger partial charge < -0.3 is 9.57 Å². The Morgan fingerprint density at radius 1 is 1.20 bits per heavy atom. The van der Waals surface area contributed by atoms with Crippen LogP contribution in [0, 0.1) is 0 Å². The van der Waals surface area contributed by atoms with Crippen LogP contribution in [-0.4, -0.2) is 30.3 Å². The van der Waals surface area contributed by atoms with Crippen molar-refractivity contribution in [3.8, 4) is 16.3 Å². The Morgan fingerprint density at radius 2 is 1.93 bits per heavy atom. The topological polar surface area (TPSA) is 60.5 Å². The number of alkyl halides is 3. The van der Waals surface area contributed by atoms with Crippen LogP contribution in [0.2, 0.25) is 5.02 Å². The van der Waals surface area contributed by atoms with Crippen LogP contribution in [0.5, 0.6) is 5.75 Å². The highest BCUT2D eigenvalue weighted by Crippen LogP contribution is 2.32. The molecule has 0 aliphatic rings. The predicted molar refractivity (Wildman–Crippen MR) is 105 cm³/mol. The zero-order chi connectivity index (χ0) is 21.7. The summed E-state index contributed by atoms with van der Waals surface area (Å²) in [6.45, 7) is -0.725. The zero-order valence-electron chi connectivity index (χ0n) is 15.0. The van der Waals surface area contributed by atoms with Gasteiger partial charge in [-0.25, -0.2) is 14.2 Å². The molecule has 0 bridgehead atoms. The monoisotopic (exact) mass is 460 g/mol. The molecule has 5 nitrogen and oxygen atoms in total. The molecule has 0 saturated carbocycles. The first-order valence-electron chi connectivity index (χ1n) is 8.34. The third kappa shape index (κ3) is 5.68. The number of carbonyl (C=O) groups is 1. The quantitative estimate of drug-likeness (QED) is 0.375. The number of carbonyl (C=O) groups excluding carboxylic acids is 1. The van der Waals surface area contributed by atoms with Crippen molar-refractivity contribution >= 4 is 39.1 Å². The van der Waals surface area contributed by atoms with Gasteiger partial charge >= 0.3 is 12.1 Å². The fraction of sp³-hybridized carbons (Fsp3) is 0.158. The lowest BCUT2D eigenvalue weighted by Crippen LogP contribution is -2.32. The van der Waals surface area contributed by atoms with E-state index in [1.54, 1.807) is 35.8 Å². The fourth-order valence-corrected chi connectivity index (χ4v) is 3.51. The number of fused-ring (bicyclic) bond motifs is 1. The van der Waals surface area contributed by atoms with Gasteiger partial charge in [0.15, 0.2) is 0 Å². The number of rotatable bonds is 7. The van der Waals surface area contributed by atoms with Crippen LogP contribution in [0.4, 0.5) is 17.6 Å². The molecule has 158 valence electrons. The van der Waals surface area contributed by atoms with E-state index in [4.69, 9.17) is 16.3 Å². The Labute approximate surface area is 176 Å². The lowest BCUT2D eigenvalue weighted by atomic mass is 10.2. The highest BCUT2D eigenvalue weighted by atomic mass is 35.5. The molecule has 0 unspecified atom stereocenters. The van der Waals surface area contributed by atoms with Gasteiger partial charge in [0.2, 0.25) is 0 Å². The van der Waals surface area contributed by atoms with Gasteiger partial charge in [-0.05, 0) is 42.5 Å². The van der Waals surface area contributed by atoms with E-state index in [1.165, 1.54) is 11.3 Å². The summed E-state index contributed by atoms with van der Waals surface area (Å²) in [5, 5.41) is 1.42. The average Bonchev–Trinajstić information content (AvgIpc) is 3.13. The second kappa shape index (κ2) is 9.41. The normalized spacial score (nSPS) is 12.2. The van der Waals surface area contributed by atoms with Gasteiger partial charge in [-0.1, -0.05) is 11.6 Å². The van der Waals surface area contributed by atoms with Crippen molar-refractivity contribution in [1.29, 1.82) is 0 Å². The van der Waals surface area contributed by atoms with E-state index in [0.29, 0.717) is 10.8 Å². The number of hydrogen-bond donors (Lipinski definition) is 1. The maximum Gasteiger partial charge on any atom is 0.492 e. The summed E-state index contributed by atoms with van der Waals surface area (Å²) in [6, 6.07) is 12.3. The number of benzene rings is 2. The second-order valence-electron chi connectivity index (χ2n) is 5.92. The summed E-state index contributed by atoms with van der Waals surface area (Å²) < 4.78 is 55.3. The molecule has 0 aliphatic heterocycles. The highest BCUT2D eigenvalue weighted by Gasteiger charge is 2.41. The van der Waals surface area contributed by atoms with Crippen LogP contribution in [0.3, 0.4) is 0 Å². The van der Waals surface area contributed by atoms with Crippen molar-refractivity contribution in [2.24, 2.45) is 0 Å². The Morgan fingerprint density at radius 3 is 2.60 bits per heavy atom. The van der Waals surface area contributed by atoms with Crippen molar-refractivity contribution in [2.75, 3.05) is 13.2 Å². The van der Waals surface area contributed by atoms with Gasteiger partial charge in [0.05, 0.1) is 23.1 Å². The number of hydrogen-bond acceptors (Lipinski definition) is 6. The molecule has 0 saturated heterocycles. The maximum atomic E-state index is 12.9.